The third kappa shape index (κ3) is 2.55. The van der Waals surface area contributed by atoms with Gasteiger partial charge in [-0.25, -0.2) is 0 Å². The second-order valence-corrected chi connectivity index (χ2v) is 7.23. The van der Waals surface area contributed by atoms with Crippen LogP contribution in [0.4, 0.5) is 0 Å². The Hall–Kier alpha value is 0.154. The van der Waals surface area contributed by atoms with Gasteiger partial charge < -0.3 is 17.0 Å². The second kappa shape index (κ2) is 5.14. The third-order valence-electron chi connectivity index (χ3n) is 2.51. The van der Waals surface area contributed by atoms with Crippen molar-refractivity contribution in [3.63, 3.8) is 0 Å². The molecule has 2 aliphatic carbocycles. The Kier molecular flexibility index (Phi) is 4.44. The Balaban J connectivity index is 0.000000845. The van der Waals surface area contributed by atoms with Crippen LogP contribution in [0.25, 0.3) is 0 Å². The van der Waals surface area contributed by atoms with Crippen molar-refractivity contribution in [1.82, 2.24) is 0 Å². The molecule has 0 spiro atoms. The average molecular weight is 273 g/mol. The first-order valence-corrected chi connectivity index (χ1v) is 7.56. The van der Waals surface area contributed by atoms with Crippen molar-refractivity contribution in [2.75, 3.05) is 0 Å². The molecule has 0 N–H and O–H groups in total. The van der Waals surface area contributed by atoms with Gasteiger partial charge in [0, 0.05) is 0 Å². The Morgan fingerprint density at radius 1 is 1.00 bits per heavy atom. The van der Waals surface area contributed by atoms with Gasteiger partial charge in [0.25, 0.3) is 0 Å². The molecule has 68 valence electrons. The summed E-state index contributed by atoms with van der Waals surface area (Å²) in [6.07, 6.45) is 16.1. The van der Waals surface area contributed by atoms with Gasteiger partial charge in [0.05, 0.1) is 0 Å². The van der Waals surface area contributed by atoms with Crippen molar-refractivity contribution in [2.24, 2.45) is 0 Å². The van der Waals surface area contributed by atoms with Crippen LogP contribution in [-0.2, 0) is 17.9 Å². The summed E-state index contributed by atoms with van der Waals surface area (Å²) in [6.45, 7) is 0. The number of halogens is 1. The fourth-order valence-electron chi connectivity index (χ4n) is 1.66. The maximum atomic E-state index is 2.47. The zero-order valence-electron chi connectivity index (χ0n) is 7.76. The molecular formula is C11H13BrTi. The minimum absolute atomic E-state index is 0. The van der Waals surface area contributed by atoms with Crippen LogP contribution in [0, 0.1) is 0 Å². The van der Waals surface area contributed by atoms with Crippen LogP contribution >= 0.6 is 0 Å². The van der Waals surface area contributed by atoms with Crippen molar-refractivity contribution >= 4 is 0 Å². The van der Waals surface area contributed by atoms with Gasteiger partial charge in [-0.2, -0.15) is 0 Å². The third-order valence-corrected chi connectivity index (χ3v) is 6.67. The molecule has 0 bridgehead atoms. The van der Waals surface area contributed by atoms with Crippen LogP contribution < -0.4 is 17.0 Å². The molecule has 0 nitrogen and oxygen atoms in total. The van der Waals surface area contributed by atoms with Crippen LogP contribution in [0.5, 0.6) is 0 Å². The predicted octanol–water partition coefficient (Wildman–Crippen LogP) is 0.344. The van der Waals surface area contributed by atoms with Crippen molar-refractivity contribution in [3.05, 3.63) is 44.2 Å². The van der Waals surface area contributed by atoms with Crippen LogP contribution in [0.2, 0.25) is 5.23 Å². The van der Waals surface area contributed by atoms with Gasteiger partial charge >= 0.3 is 80.2 Å². The molecule has 0 radical (unpaired) electrons. The van der Waals surface area contributed by atoms with E-state index in [0.29, 0.717) is 0 Å². The Morgan fingerprint density at radius 2 is 1.46 bits per heavy atom. The predicted molar refractivity (Wildman–Crippen MR) is 49.5 cm³/mol. The normalized spacial score (nSPS) is 18.2. The topological polar surface area (TPSA) is 0 Å². The molecule has 13 heavy (non-hydrogen) atoms. The Morgan fingerprint density at radius 3 is 1.77 bits per heavy atom. The summed E-state index contributed by atoms with van der Waals surface area (Å²) in [6, 6.07) is 0. The molecule has 0 atom stereocenters. The van der Waals surface area contributed by atoms with E-state index >= 15 is 0 Å². The summed E-state index contributed by atoms with van der Waals surface area (Å²) in [7, 11) is 0. The van der Waals surface area contributed by atoms with E-state index in [-0.39, 0.29) is 17.0 Å². The van der Waals surface area contributed by atoms with E-state index in [9.17, 15) is 0 Å². The standard InChI is InChI=1S/2C5H5.CH3.BrH.Ti/c2*1-2-4-5-3-1;;;/h2*1-3H,4H2;1H3;1H;/q;;;;+1/p-1. The molecule has 0 fully saturated rings. The van der Waals surface area contributed by atoms with E-state index in [1.54, 1.807) is 7.76 Å². The fraction of sp³-hybridized carbons (Fsp3) is 0.273. The first kappa shape index (κ1) is 11.2. The fourth-order valence-corrected chi connectivity index (χ4v) is 4.71. The first-order valence-electron chi connectivity index (χ1n) is 4.43. The van der Waals surface area contributed by atoms with Crippen molar-refractivity contribution in [1.29, 1.82) is 0 Å². The summed E-state index contributed by atoms with van der Waals surface area (Å²) in [5, 5.41) is 2.47. The first-order chi connectivity index (χ1) is 5.88. The summed E-state index contributed by atoms with van der Waals surface area (Å²) < 4.78 is 3.45. The molecule has 0 saturated heterocycles. The van der Waals surface area contributed by atoms with E-state index in [4.69, 9.17) is 0 Å². The zero-order valence-corrected chi connectivity index (χ0v) is 10.9. The minimum atomic E-state index is -0.981. The van der Waals surface area contributed by atoms with Crippen molar-refractivity contribution in [3.8, 4) is 0 Å². The van der Waals surface area contributed by atoms with E-state index < -0.39 is 17.9 Å². The monoisotopic (exact) mass is 272 g/mol. The summed E-state index contributed by atoms with van der Waals surface area (Å²) in [5.41, 5.74) is 0. The number of hydrogen-bond donors (Lipinski definition) is 0. The van der Waals surface area contributed by atoms with Gasteiger partial charge in [0.15, 0.2) is 0 Å². The molecule has 0 unspecified atom stereocenters. The molecular weight excluding hydrogens is 260 g/mol. The van der Waals surface area contributed by atoms with Crippen molar-refractivity contribution < 1.29 is 34.9 Å². The molecule has 0 amide bonds. The number of hydrogen-bond acceptors (Lipinski definition) is 0. The van der Waals surface area contributed by atoms with Gasteiger partial charge in [-0.3, -0.25) is 0 Å². The summed E-state index contributed by atoms with van der Waals surface area (Å²) >= 11 is -0.981. The van der Waals surface area contributed by atoms with E-state index in [2.05, 4.69) is 41.7 Å². The SMILES string of the molecule is [Br-].[CH3][Ti+]([C]1=CC=CC1)[C]1=CC=CC1. The van der Waals surface area contributed by atoms with Crippen molar-refractivity contribution in [2.45, 2.75) is 18.1 Å². The van der Waals surface area contributed by atoms with E-state index in [1.165, 1.54) is 12.8 Å². The number of allylic oxidation sites excluding steroid dienone is 8. The van der Waals surface area contributed by atoms with Crippen LogP contribution in [0.15, 0.2) is 44.2 Å². The molecule has 2 rings (SSSR count). The molecule has 2 aliphatic rings. The second-order valence-electron chi connectivity index (χ2n) is 3.27. The van der Waals surface area contributed by atoms with Crippen LogP contribution in [-0.4, -0.2) is 0 Å². The quantitative estimate of drug-likeness (QED) is 0.637. The molecule has 0 aromatic heterocycles. The molecule has 0 saturated carbocycles. The molecule has 0 aromatic rings. The Bertz CT molecular complexity index is 267. The van der Waals surface area contributed by atoms with Crippen LogP contribution in [0.1, 0.15) is 12.8 Å². The van der Waals surface area contributed by atoms with E-state index in [1.807, 2.05) is 0 Å². The molecule has 2 heteroatoms. The maximum absolute atomic E-state index is 2.47. The molecule has 0 aliphatic heterocycles. The number of rotatable bonds is 2. The van der Waals surface area contributed by atoms with Gasteiger partial charge in [-0.1, -0.05) is 0 Å². The van der Waals surface area contributed by atoms with Gasteiger partial charge in [-0.05, 0) is 0 Å². The van der Waals surface area contributed by atoms with Gasteiger partial charge in [0.2, 0.25) is 0 Å². The van der Waals surface area contributed by atoms with E-state index in [0.717, 1.165) is 0 Å². The molecule has 0 heterocycles. The summed E-state index contributed by atoms with van der Waals surface area (Å²) in [5.74, 6) is 0. The Labute approximate surface area is 96.7 Å². The average Bonchev–Trinajstić information content (AvgIpc) is 2.77. The van der Waals surface area contributed by atoms with Gasteiger partial charge in [0.1, 0.15) is 0 Å². The summed E-state index contributed by atoms with van der Waals surface area (Å²) in [4.78, 5) is 0. The van der Waals surface area contributed by atoms with Gasteiger partial charge in [-0.15, -0.1) is 0 Å². The van der Waals surface area contributed by atoms with Crippen LogP contribution in [0.3, 0.4) is 0 Å². The zero-order chi connectivity index (χ0) is 8.39. The molecule has 0 aromatic carbocycles.